The summed E-state index contributed by atoms with van der Waals surface area (Å²) in [7, 11) is 3.02. The van der Waals surface area contributed by atoms with Gasteiger partial charge in [0.2, 0.25) is 0 Å². The average molecular weight is 318 g/mol. The van der Waals surface area contributed by atoms with E-state index in [2.05, 4.69) is 19.9 Å². The first-order valence-corrected chi connectivity index (χ1v) is 6.14. The highest BCUT2D eigenvalue weighted by molar-refractivity contribution is 6.40. The lowest BCUT2D eigenvalue weighted by Crippen LogP contribution is -2.03. The minimum absolute atomic E-state index is 0.245. The van der Waals surface area contributed by atoms with Crippen LogP contribution in [0.3, 0.4) is 0 Å². The fraction of sp³-hybridized carbons (Fsp3) is 0.273. The molecule has 108 valence electrons. The number of aromatic nitrogens is 4. The Kier molecular flexibility index (Phi) is 6.92. The number of hydrogen-bond donors (Lipinski definition) is 1. The van der Waals surface area contributed by atoms with Crippen molar-refractivity contribution in [1.29, 1.82) is 0 Å². The number of nitrogens with zero attached hydrogens (tertiary/aromatic N) is 4. The van der Waals surface area contributed by atoms with Gasteiger partial charge in [-0.15, -0.1) is 0 Å². The summed E-state index contributed by atoms with van der Waals surface area (Å²) in [6.07, 6.45) is 4.52. The molecular formula is C11H13Cl2N5O2. The van der Waals surface area contributed by atoms with E-state index in [9.17, 15) is 0 Å². The van der Waals surface area contributed by atoms with Crippen LogP contribution in [0, 0.1) is 0 Å². The van der Waals surface area contributed by atoms with Crippen LogP contribution in [0.2, 0.25) is 10.3 Å². The van der Waals surface area contributed by atoms with Gasteiger partial charge in [-0.3, -0.25) is 0 Å². The third-order valence-electron chi connectivity index (χ3n) is 1.97. The van der Waals surface area contributed by atoms with Crippen LogP contribution in [0.15, 0.2) is 18.6 Å². The van der Waals surface area contributed by atoms with Crippen molar-refractivity contribution in [3.63, 3.8) is 0 Å². The molecule has 0 atom stereocenters. The summed E-state index contributed by atoms with van der Waals surface area (Å²) in [4.78, 5) is 15.3. The summed E-state index contributed by atoms with van der Waals surface area (Å²) in [5.41, 5.74) is 6.04. The minimum atomic E-state index is 0.245. The van der Waals surface area contributed by atoms with Gasteiger partial charge in [-0.1, -0.05) is 23.2 Å². The quantitative estimate of drug-likeness (QED) is 0.920. The molecule has 2 N–H and O–H groups in total. The maximum Gasteiger partial charge on any atom is 0.278 e. The van der Waals surface area contributed by atoms with Crippen LogP contribution >= 0.6 is 23.2 Å². The highest BCUT2D eigenvalue weighted by Gasteiger charge is 2.06. The standard InChI is InChI=1S/C7H11N3O2.C4H2Cl2N2/c1-11-6-7(12-2)10-5(3-8)4-9-6;5-3-4(6)8-2-1-7-3/h4H,3,8H2,1-2H3;1-2H. The van der Waals surface area contributed by atoms with E-state index >= 15 is 0 Å². The zero-order valence-electron chi connectivity index (χ0n) is 10.9. The average Bonchev–Trinajstić information content (AvgIpc) is 2.50. The molecule has 2 heterocycles. The molecule has 20 heavy (non-hydrogen) atoms. The van der Waals surface area contributed by atoms with Crippen LogP contribution in [-0.2, 0) is 6.54 Å². The van der Waals surface area contributed by atoms with E-state index in [-0.39, 0.29) is 10.3 Å². The Morgan fingerprint density at radius 1 is 1.00 bits per heavy atom. The topological polar surface area (TPSA) is 96.0 Å². The van der Waals surface area contributed by atoms with Gasteiger partial charge in [-0.25, -0.2) is 19.9 Å². The lowest BCUT2D eigenvalue weighted by molar-refractivity contribution is 0.330. The summed E-state index contributed by atoms with van der Waals surface area (Å²) in [5.74, 6) is 0.732. The third-order valence-corrected chi connectivity index (χ3v) is 2.62. The van der Waals surface area contributed by atoms with Crippen molar-refractivity contribution < 1.29 is 9.47 Å². The number of methoxy groups -OCH3 is 2. The van der Waals surface area contributed by atoms with Gasteiger partial charge in [0.05, 0.1) is 26.1 Å². The van der Waals surface area contributed by atoms with Gasteiger partial charge < -0.3 is 15.2 Å². The molecule has 0 saturated heterocycles. The maximum atomic E-state index is 5.40. The Hall–Kier alpha value is -1.70. The number of halogens is 2. The Bertz CT molecular complexity index is 535. The fourth-order valence-electron chi connectivity index (χ4n) is 1.07. The molecule has 2 rings (SSSR count). The Morgan fingerprint density at radius 3 is 1.95 bits per heavy atom. The number of nitrogens with two attached hydrogens (primary N) is 1. The van der Waals surface area contributed by atoms with Crippen molar-refractivity contribution in [2.24, 2.45) is 5.73 Å². The first-order chi connectivity index (χ1) is 9.62. The van der Waals surface area contributed by atoms with E-state index < -0.39 is 0 Å². The second kappa shape index (κ2) is 8.47. The molecule has 0 aliphatic carbocycles. The second-order valence-electron chi connectivity index (χ2n) is 3.22. The zero-order valence-corrected chi connectivity index (χ0v) is 12.4. The predicted octanol–water partition coefficient (Wildman–Crippen LogP) is 1.74. The van der Waals surface area contributed by atoms with Gasteiger partial charge in [0, 0.05) is 18.9 Å². The molecule has 0 bridgehead atoms. The largest absolute Gasteiger partial charge is 0.477 e. The molecule has 0 aliphatic rings. The summed E-state index contributed by atoms with van der Waals surface area (Å²) in [5, 5.41) is 0.489. The normalized spacial score (nSPS) is 9.45. The van der Waals surface area contributed by atoms with Gasteiger partial charge in [0.1, 0.15) is 0 Å². The number of hydrogen-bond acceptors (Lipinski definition) is 7. The van der Waals surface area contributed by atoms with Crippen molar-refractivity contribution in [3.8, 4) is 11.8 Å². The molecule has 0 amide bonds. The molecule has 0 saturated carbocycles. The first-order valence-electron chi connectivity index (χ1n) is 5.38. The van der Waals surface area contributed by atoms with Gasteiger partial charge in [0.15, 0.2) is 10.3 Å². The Morgan fingerprint density at radius 2 is 1.55 bits per heavy atom. The molecular weight excluding hydrogens is 305 g/mol. The van der Waals surface area contributed by atoms with E-state index in [0.29, 0.717) is 24.0 Å². The molecule has 2 aromatic heterocycles. The highest BCUT2D eigenvalue weighted by Crippen LogP contribution is 2.19. The van der Waals surface area contributed by atoms with Crippen LogP contribution in [0.5, 0.6) is 11.8 Å². The van der Waals surface area contributed by atoms with Gasteiger partial charge in [-0.05, 0) is 0 Å². The fourth-order valence-corrected chi connectivity index (χ4v) is 1.28. The van der Waals surface area contributed by atoms with Crippen molar-refractivity contribution in [2.45, 2.75) is 6.54 Å². The molecule has 0 radical (unpaired) electrons. The van der Waals surface area contributed by atoms with Crippen LogP contribution in [0.1, 0.15) is 5.69 Å². The van der Waals surface area contributed by atoms with E-state index in [0.717, 1.165) is 0 Å². The van der Waals surface area contributed by atoms with E-state index in [1.54, 1.807) is 6.20 Å². The van der Waals surface area contributed by atoms with Crippen molar-refractivity contribution in [2.75, 3.05) is 14.2 Å². The predicted molar refractivity (Wildman–Crippen MR) is 75.1 cm³/mol. The van der Waals surface area contributed by atoms with E-state index in [1.165, 1.54) is 26.6 Å². The minimum Gasteiger partial charge on any atom is -0.477 e. The molecule has 2 aromatic rings. The molecule has 0 unspecified atom stereocenters. The molecule has 0 spiro atoms. The molecule has 7 nitrogen and oxygen atoms in total. The Balaban J connectivity index is 0.000000217. The SMILES string of the molecule is COc1ncc(CN)nc1OC.Clc1nccnc1Cl. The smallest absolute Gasteiger partial charge is 0.278 e. The third kappa shape index (κ3) is 4.76. The van der Waals surface area contributed by atoms with Crippen molar-refractivity contribution in [1.82, 2.24) is 19.9 Å². The zero-order chi connectivity index (χ0) is 15.0. The summed E-state index contributed by atoms with van der Waals surface area (Å²) in [6, 6.07) is 0. The summed E-state index contributed by atoms with van der Waals surface area (Å²) < 4.78 is 9.82. The van der Waals surface area contributed by atoms with Gasteiger partial charge in [-0.2, -0.15) is 0 Å². The van der Waals surface area contributed by atoms with E-state index in [1.807, 2.05) is 0 Å². The first kappa shape index (κ1) is 16.4. The van der Waals surface area contributed by atoms with Crippen LogP contribution < -0.4 is 15.2 Å². The molecule has 0 aromatic carbocycles. The molecule has 9 heteroatoms. The lowest BCUT2D eigenvalue weighted by atomic mass is 10.4. The van der Waals surface area contributed by atoms with Crippen molar-refractivity contribution in [3.05, 3.63) is 34.6 Å². The van der Waals surface area contributed by atoms with Crippen molar-refractivity contribution >= 4 is 23.2 Å². The van der Waals surface area contributed by atoms with Gasteiger partial charge in [0.25, 0.3) is 11.8 Å². The molecule has 0 aliphatic heterocycles. The van der Waals surface area contributed by atoms with E-state index in [4.69, 9.17) is 38.4 Å². The van der Waals surface area contributed by atoms with Gasteiger partial charge >= 0.3 is 0 Å². The number of ether oxygens (including phenoxy) is 2. The lowest BCUT2D eigenvalue weighted by Gasteiger charge is -2.05. The monoisotopic (exact) mass is 317 g/mol. The van der Waals surface area contributed by atoms with Crippen LogP contribution in [-0.4, -0.2) is 34.2 Å². The molecule has 0 fully saturated rings. The summed E-state index contributed by atoms with van der Waals surface area (Å²) >= 11 is 10.8. The number of rotatable bonds is 3. The Labute approximate surface area is 126 Å². The van der Waals surface area contributed by atoms with Crippen LogP contribution in [0.25, 0.3) is 0 Å². The highest BCUT2D eigenvalue weighted by atomic mass is 35.5. The maximum absolute atomic E-state index is 5.40. The summed E-state index contributed by atoms with van der Waals surface area (Å²) in [6.45, 7) is 0.341. The second-order valence-corrected chi connectivity index (χ2v) is 3.94. The van der Waals surface area contributed by atoms with Crippen LogP contribution in [0.4, 0.5) is 0 Å².